The molecule has 9 heteroatoms. The number of sulfonamides is 1. The van der Waals surface area contributed by atoms with Gasteiger partial charge in [0.15, 0.2) is 0 Å². The Hall–Kier alpha value is -0.600. The molecule has 18 heavy (non-hydrogen) atoms. The average Bonchev–Trinajstić information content (AvgIpc) is 2.28. The van der Waals surface area contributed by atoms with Crippen LogP contribution in [0, 0.1) is 0 Å². The van der Waals surface area contributed by atoms with E-state index in [0.717, 1.165) is 6.42 Å². The Labute approximate surface area is 118 Å². The van der Waals surface area contributed by atoms with Gasteiger partial charge < -0.3 is 11.5 Å². The summed E-state index contributed by atoms with van der Waals surface area (Å²) in [6.45, 7) is 0.841. The second-order valence-electron chi connectivity index (χ2n) is 3.43. The predicted molar refractivity (Wildman–Crippen MR) is 74.4 cm³/mol. The quantitative estimate of drug-likeness (QED) is 0.671. The van der Waals surface area contributed by atoms with Gasteiger partial charge in [-0.1, -0.05) is 11.6 Å². The highest BCUT2D eigenvalue weighted by atomic mass is 35.5. The number of nitrogens with one attached hydrogen (secondary N) is 1. The van der Waals surface area contributed by atoms with Crippen LogP contribution in [-0.2, 0) is 10.0 Å². The molecule has 1 aromatic rings. The number of unbranched alkanes of at least 4 members (excludes halogenated alkanes) is 1. The van der Waals surface area contributed by atoms with Crippen molar-refractivity contribution in [3.8, 4) is 0 Å². The third-order valence-corrected chi connectivity index (χ3v) is 3.76. The van der Waals surface area contributed by atoms with Crippen molar-refractivity contribution in [2.75, 3.05) is 18.8 Å². The molecule has 0 amide bonds. The number of anilines is 1. The van der Waals surface area contributed by atoms with Crippen molar-refractivity contribution in [1.82, 2.24) is 9.71 Å². The SMILES string of the molecule is Cl.NCCCCNS(=O)(=O)c1cc(Cl)cnc1N. The number of nitrogens with zero attached hydrogens (tertiary/aromatic N) is 1. The summed E-state index contributed by atoms with van der Waals surface area (Å²) >= 11 is 5.68. The van der Waals surface area contributed by atoms with Crippen LogP contribution in [0.5, 0.6) is 0 Å². The molecule has 0 aromatic carbocycles. The number of halogens is 2. The third kappa shape index (κ3) is 4.95. The van der Waals surface area contributed by atoms with E-state index >= 15 is 0 Å². The molecule has 1 heterocycles. The highest BCUT2D eigenvalue weighted by Gasteiger charge is 2.18. The van der Waals surface area contributed by atoms with Gasteiger partial charge in [-0.15, -0.1) is 12.4 Å². The normalized spacial score (nSPS) is 11.0. The number of hydrogen-bond donors (Lipinski definition) is 3. The fraction of sp³-hybridized carbons (Fsp3) is 0.444. The van der Waals surface area contributed by atoms with Crippen molar-refractivity contribution in [3.05, 3.63) is 17.3 Å². The monoisotopic (exact) mass is 314 g/mol. The molecule has 0 aliphatic rings. The van der Waals surface area contributed by atoms with Crippen molar-refractivity contribution in [1.29, 1.82) is 0 Å². The zero-order chi connectivity index (χ0) is 12.9. The summed E-state index contributed by atoms with van der Waals surface area (Å²) in [5.74, 6) is -0.0688. The van der Waals surface area contributed by atoms with Gasteiger partial charge in [0.25, 0.3) is 0 Å². The van der Waals surface area contributed by atoms with Crippen LogP contribution >= 0.6 is 24.0 Å². The van der Waals surface area contributed by atoms with Crippen LogP contribution < -0.4 is 16.2 Å². The van der Waals surface area contributed by atoms with Crippen LogP contribution in [0.2, 0.25) is 5.02 Å². The van der Waals surface area contributed by atoms with Gasteiger partial charge >= 0.3 is 0 Å². The zero-order valence-electron chi connectivity index (χ0n) is 9.60. The lowest BCUT2D eigenvalue weighted by atomic mass is 10.3. The molecule has 0 bridgehead atoms. The minimum Gasteiger partial charge on any atom is -0.383 e. The Morgan fingerprint density at radius 3 is 2.67 bits per heavy atom. The lowest BCUT2D eigenvalue weighted by Gasteiger charge is -2.08. The summed E-state index contributed by atoms with van der Waals surface area (Å²) in [6.07, 6.45) is 2.72. The van der Waals surface area contributed by atoms with E-state index in [-0.39, 0.29) is 28.1 Å². The molecule has 6 nitrogen and oxygen atoms in total. The number of nitrogens with two attached hydrogens (primary N) is 2. The first kappa shape index (κ1) is 17.4. The highest BCUT2D eigenvalue weighted by molar-refractivity contribution is 7.89. The van der Waals surface area contributed by atoms with E-state index in [9.17, 15) is 8.42 Å². The Kier molecular flexibility index (Phi) is 7.49. The molecular formula is C9H16Cl2N4O2S. The molecule has 104 valence electrons. The van der Waals surface area contributed by atoms with E-state index in [2.05, 4.69) is 9.71 Å². The molecule has 0 aliphatic heterocycles. The Bertz CT molecular complexity index is 481. The van der Waals surface area contributed by atoms with Crippen molar-refractivity contribution < 1.29 is 8.42 Å². The molecule has 5 N–H and O–H groups in total. The van der Waals surface area contributed by atoms with Crippen molar-refractivity contribution in [2.24, 2.45) is 5.73 Å². The first-order valence-electron chi connectivity index (χ1n) is 5.08. The van der Waals surface area contributed by atoms with Crippen LogP contribution in [-0.4, -0.2) is 26.5 Å². The number of rotatable bonds is 6. The predicted octanol–water partition coefficient (Wildman–Crippen LogP) is 0.756. The molecule has 0 saturated carbocycles. The van der Waals surface area contributed by atoms with Crippen LogP contribution in [0.4, 0.5) is 5.82 Å². The van der Waals surface area contributed by atoms with Crippen molar-refractivity contribution in [2.45, 2.75) is 17.7 Å². The first-order chi connectivity index (χ1) is 7.97. The van der Waals surface area contributed by atoms with Crippen LogP contribution in [0.25, 0.3) is 0 Å². The Balaban J connectivity index is 0.00000289. The van der Waals surface area contributed by atoms with E-state index in [0.29, 0.717) is 19.5 Å². The molecule has 0 atom stereocenters. The molecule has 0 aliphatic carbocycles. The van der Waals surface area contributed by atoms with Gasteiger partial charge in [0.05, 0.1) is 5.02 Å². The lowest BCUT2D eigenvalue weighted by Crippen LogP contribution is -2.26. The summed E-state index contributed by atoms with van der Waals surface area (Å²) < 4.78 is 26.1. The summed E-state index contributed by atoms with van der Waals surface area (Å²) in [4.78, 5) is 3.60. The van der Waals surface area contributed by atoms with E-state index in [4.69, 9.17) is 23.1 Å². The number of aromatic nitrogens is 1. The number of hydrogen-bond acceptors (Lipinski definition) is 5. The maximum Gasteiger partial charge on any atom is 0.244 e. The maximum absolute atomic E-state index is 11.8. The molecular weight excluding hydrogens is 299 g/mol. The standard InChI is InChI=1S/C9H15ClN4O2S.ClH/c10-7-5-8(9(12)13-6-7)17(15,16)14-4-2-1-3-11;/h5-6,14H,1-4,11H2,(H2,12,13);1H. The van der Waals surface area contributed by atoms with Gasteiger partial charge in [0.1, 0.15) is 10.7 Å². The van der Waals surface area contributed by atoms with Crippen LogP contribution in [0.3, 0.4) is 0 Å². The summed E-state index contributed by atoms with van der Waals surface area (Å²) in [7, 11) is -3.66. The number of pyridine rings is 1. The molecule has 1 rings (SSSR count). The second kappa shape index (κ2) is 7.75. The largest absolute Gasteiger partial charge is 0.383 e. The highest BCUT2D eigenvalue weighted by Crippen LogP contribution is 2.19. The van der Waals surface area contributed by atoms with E-state index < -0.39 is 10.0 Å². The second-order valence-corrected chi connectivity index (χ2v) is 5.60. The number of nitrogen functional groups attached to an aromatic ring is 1. The summed E-state index contributed by atoms with van der Waals surface area (Å²) in [5.41, 5.74) is 10.8. The minimum absolute atomic E-state index is 0. The molecule has 0 fully saturated rings. The van der Waals surface area contributed by atoms with E-state index in [1.807, 2.05) is 0 Å². The van der Waals surface area contributed by atoms with Gasteiger partial charge in [-0.05, 0) is 25.5 Å². The fourth-order valence-corrected chi connectivity index (χ4v) is 2.60. The summed E-state index contributed by atoms with van der Waals surface area (Å²) in [5, 5.41) is 0.224. The first-order valence-corrected chi connectivity index (χ1v) is 6.94. The fourth-order valence-electron chi connectivity index (χ4n) is 1.20. The van der Waals surface area contributed by atoms with Gasteiger partial charge in [-0.25, -0.2) is 18.1 Å². The van der Waals surface area contributed by atoms with Crippen molar-refractivity contribution >= 4 is 39.8 Å². The van der Waals surface area contributed by atoms with Crippen LogP contribution in [0.1, 0.15) is 12.8 Å². The topological polar surface area (TPSA) is 111 Å². The zero-order valence-corrected chi connectivity index (χ0v) is 12.0. The van der Waals surface area contributed by atoms with E-state index in [1.54, 1.807) is 0 Å². The molecule has 1 aromatic heterocycles. The van der Waals surface area contributed by atoms with Gasteiger partial charge in [0.2, 0.25) is 10.0 Å². The maximum atomic E-state index is 11.8. The molecule has 0 unspecified atom stereocenters. The Morgan fingerprint density at radius 2 is 2.06 bits per heavy atom. The smallest absolute Gasteiger partial charge is 0.244 e. The lowest BCUT2D eigenvalue weighted by molar-refractivity contribution is 0.577. The minimum atomic E-state index is -3.66. The molecule has 0 saturated heterocycles. The van der Waals surface area contributed by atoms with Crippen LogP contribution in [0.15, 0.2) is 17.2 Å². The van der Waals surface area contributed by atoms with Gasteiger partial charge in [0, 0.05) is 12.7 Å². The summed E-state index contributed by atoms with van der Waals surface area (Å²) in [6, 6.07) is 1.27. The van der Waals surface area contributed by atoms with E-state index in [1.165, 1.54) is 12.3 Å². The van der Waals surface area contributed by atoms with Gasteiger partial charge in [-0.2, -0.15) is 0 Å². The molecule has 0 radical (unpaired) electrons. The van der Waals surface area contributed by atoms with Gasteiger partial charge in [-0.3, -0.25) is 0 Å². The average molecular weight is 315 g/mol. The molecule has 0 spiro atoms. The third-order valence-electron chi connectivity index (χ3n) is 2.06. The van der Waals surface area contributed by atoms with Crippen molar-refractivity contribution in [3.63, 3.8) is 0 Å². The Morgan fingerprint density at radius 1 is 1.39 bits per heavy atom.